The molecule has 1 heterocycles. The predicted molar refractivity (Wildman–Crippen MR) is 81.9 cm³/mol. The molecular weight excluding hydrogens is 346 g/mol. The molecule has 2 aromatic rings. The number of nitrogens with zero attached hydrogens (tertiary/aromatic N) is 1. The van der Waals surface area contributed by atoms with E-state index < -0.39 is 0 Å². The first-order chi connectivity index (χ1) is 9.10. The minimum atomic E-state index is -0.368. The molecule has 0 amide bonds. The van der Waals surface area contributed by atoms with Crippen molar-refractivity contribution in [3.63, 3.8) is 0 Å². The van der Waals surface area contributed by atoms with E-state index in [2.05, 4.69) is 33.0 Å². The lowest BCUT2D eigenvalue weighted by Gasteiger charge is -1.99. The number of aryl methyl sites for hydroxylation is 1. The van der Waals surface area contributed by atoms with Gasteiger partial charge in [-0.05, 0) is 25.1 Å². The molecule has 3 nitrogen and oxygen atoms in total. The molecule has 1 aromatic carbocycles. The average molecular weight is 358 g/mol. The van der Waals surface area contributed by atoms with Crippen LogP contribution in [0.3, 0.4) is 0 Å². The summed E-state index contributed by atoms with van der Waals surface area (Å²) in [4.78, 5) is 17.9. The molecule has 0 fully saturated rings. The quantitative estimate of drug-likeness (QED) is 0.604. The fourth-order valence-corrected chi connectivity index (χ4v) is 3.92. The van der Waals surface area contributed by atoms with E-state index in [0.717, 1.165) is 20.1 Å². The molecule has 0 saturated carbocycles. The van der Waals surface area contributed by atoms with Crippen LogP contribution in [0.2, 0.25) is 0 Å². The maximum absolute atomic E-state index is 11.5. The lowest BCUT2D eigenvalue weighted by molar-refractivity contribution is 0.0594. The second-order valence-electron chi connectivity index (χ2n) is 3.75. The van der Waals surface area contributed by atoms with Gasteiger partial charge < -0.3 is 4.74 Å². The molecule has 0 saturated heterocycles. The second kappa shape index (κ2) is 6.54. The normalized spacial score (nSPS) is 10.5. The highest BCUT2D eigenvalue weighted by molar-refractivity contribution is 9.10. The Balaban J connectivity index is 2.06. The smallest absolute Gasteiger partial charge is 0.357 e. The number of carbonyl (C=O) groups excluding carboxylic acids is 1. The molecule has 0 aliphatic carbocycles. The van der Waals surface area contributed by atoms with Crippen molar-refractivity contribution in [3.8, 4) is 0 Å². The van der Waals surface area contributed by atoms with Gasteiger partial charge in [0.1, 0.15) is 5.01 Å². The highest BCUT2D eigenvalue weighted by atomic mass is 79.9. The number of ether oxygens (including phenoxy) is 1. The van der Waals surface area contributed by atoms with Gasteiger partial charge >= 0.3 is 5.97 Å². The molecule has 0 aliphatic rings. The first-order valence-electron chi connectivity index (χ1n) is 5.53. The summed E-state index contributed by atoms with van der Waals surface area (Å²) < 4.78 is 5.76. The number of halogens is 1. The van der Waals surface area contributed by atoms with Crippen LogP contribution >= 0.6 is 39.0 Å². The fraction of sp³-hybridized carbons (Fsp3) is 0.231. The SMILES string of the molecule is COC(=O)c1nc(CSc2cccc(Br)c2)sc1C. The Hall–Kier alpha value is -0.850. The van der Waals surface area contributed by atoms with Crippen molar-refractivity contribution in [2.24, 2.45) is 0 Å². The molecule has 0 N–H and O–H groups in total. The van der Waals surface area contributed by atoms with Crippen molar-refractivity contribution in [2.75, 3.05) is 7.11 Å². The average Bonchev–Trinajstić information content (AvgIpc) is 2.77. The van der Waals surface area contributed by atoms with Crippen LogP contribution in [0.15, 0.2) is 33.6 Å². The molecule has 0 bridgehead atoms. The Labute approximate surface area is 128 Å². The van der Waals surface area contributed by atoms with Crippen LogP contribution in [-0.4, -0.2) is 18.1 Å². The van der Waals surface area contributed by atoms with E-state index in [9.17, 15) is 4.79 Å². The van der Waals surface area contributed by atoms with Gasteiger partial charge in [0.05, 0.1) is 12.9 Å². The Kier molecular flexibility index (Phi) is 5.01. The summed E-state index contributed by atoms with van der Waals surface area (Å²) in [5.41, 5.74) is 0.428. The van der Waals surface area contributed by atoms with E-state index in [1.807, 2.05) is 19.1 Å². The monoisotopic (exact) mass is 357 g/mol. The van der Waals surface area contributed by atoms with Gasteiger partial charge in [-0.15, -0.1) is 23.1 Å². The number of hydrogen-bond acceptors (Lipinski definition) is 5. The topological polar surface area (TPSA) is 39.2 Å². The Bertz CT molecular complexity index is 598. The van der Waals surface area contributed by atoms with E-state index in [1.54, 1.807) is 11.8 Å². The molecule has 2 rings (SSSR count). The standard InChI is InChI=1S/C13H12BrNO2S2/c1-8-12(13(16)17-2)15-11(19-8)7-18-10-5-3-4-9(14)6-10/h3-6H,7H2,1-2H3. The van der Waals surface area contributed by atoms with Gasteiger partial charge in [-0.2, -0.15) is 0 Å². The van der Waals surface area contributed by atoms with Gasteiger partial charge in [0.2, 0.25) is 0 Å². The molecule has 0 aliphatic heterocycles. The van der Waals surface area contributed by atoms with Crippen LogP contribution in [0.1, 0.15) is 20.4 Å². The highest BCUT2D eigenvalue weighted by Crippen LogP contribution is 2.28. The minimum Gasteiger partial charge on any atom is -0.464 e. The molecule has 100 valence electrons. The van der Waals surface area contributed by atoms with Crippen molar-refractivity contribution in [1.82, 2.24) is 4.98 Å². The van der Waals surface area contributed by atoms with E-state index >= 15 is 0 Å². The number of hydrogen-bond donors (Lipinski definition) is 0. The Morgan fingerprint density at radius 3 is 3.00 bits per heavy atom. The van der Waals surface area contributed by atoms with E-state index in [0.29, 0.717) is 5.69 Å². The number of thioether (sulfide) groups is 1. The molecule has 6 heteroatoms. The number of esters is 1. The van der Waals surface area contributed by atoms with Crippen LogP contribution in [0.5, 0.6) is 0 Å². The van der Waals surface area contributed by atoms with E-state index in [-0.39, 0.29) is 5.97 Å². The molecule has 1 aromatic heterocycles. The van der Waals surface area contributed by atoms with Gasteiger partial charge in [-0.25, -0.2) is 9.78 Å². The maximum atomic E-state index is 11.5. The summed E-state index contributed by atoms with van der Waals surface area (Å²) in [5.74, 6) is 0.381. The third-order valence-corrected chi connectivity index (χ3v) is 5.03. The van der Waals surface area contributed by atoms with Crippen molar-refractivity contribution >= 4 is 45.0 Å². The lowest BCUT2D eigenvalue weighted by atomic mass is 10.4. The number of thiazole rings is 1. The van der Waals surface area contributed by atoms with Crippen LogP contribution in [-0.2, 0) is 10.5 Å². The molecule has 0 spiro atoms. The summed E-state index contributed by atoms with van der Waals surface area (Å²) in [7, 11) is 1.37. The zero-order valence-electron chi connectivity index (χ0n) is 10.5. The lowest BCUT2D eigenvalue weighted by Crippen LogP contribution is -2.03. The highest BCUT2D eigenvalue weighted by Gasteiger charge is 2.15. The molecule has 0 atom stereocenters. The summed E-state index contributed by atoms with van der Waals surface area (Å²) in [5, 5.41) is 0.933. The van der Waals surface area contributed by atoms with Crippen molar-refractivity contribution in [3.05, 3.63) is 44.3 Å². The van der Waals surface area contributed by atoms with Gasteiger partial charge in [0, 0.05) is 14.2 Å². The number of rotatable bonds is 4. The Morgan fingerprint density at radius 2 is 2.32 bits per heavy atom. The minimum absolute atomic E-state index is 0.368. The zero-order chi connectivity index (χ0) is 13.8. The molecule has 0 radical (unpaired) electrons. The summed E-state index contributed by atoms with van der Waals surface area (Å²) >= 11 is 6.68. The van der Waals surface area contributed by atoms with Gasteiger partial charge in [0.15, 0.2) is 5.69 Å². The first kappa shape index (κ1) is 14.6. The summed E-state index contributed by atoms with van der Waals surface area (Å²) in [6.45, 7) is 1.89. The van der Waals surface area contributed by atoms with Crippen molar-refractivity contribution < 1.29 is 9.53 Å². The number of benzene rings is 1. The van der Waals surface area contributed by atoms with Gasteiger partial charge in [0.25, 0.3) is 0 Å². The Morgan fingerprint density at radius 1 is 1.53 bits per heavy atom. The van der Waals surface area contributed by atoms with E-state index in [1.165, 1.54) is 23.3 Å². The number of carbonyl (C=O) groups is 1. The number of aromatic nitrogens is 1. The van der Waals surface area contributed by atoms with Gasteiger partial charge in [-0.3, -0.25) is 0 Å². The fourth-order valence-electron chi connectivity index (χ4n) is 1.50. The van der Waals surface area contributed by atoms with Crippen molar-refractivity contribution in [1.29, 1.82) is 0 Å². The third kappa shape index (κ3) is 3.81. The maximum Gasteiger partial charge on any atom is 0.357 e. The van der Waals surface area contributed by atoms with Crippen LogP contribution in [0.4, 0.5) is 0 Å². The van der Waals surface area contributed by atoms with Crippen molar-refractivity contribution in [2.45, 2.75) is 17.6 Å². The van der Waals surface area contributed by atoms with E-state index in [4.69, 9.17) is 4.74 Å². The predicted octanol–water partition coefficient (Wildman–Crippen LogP) is 4.29. The van der Waals surface area contributed by atoms with Gasteiger partial charge in [-0.1, -0.05) is 22.0 Å². The third-order valence-electron chi connectivity index (χ3n) is 2.38. The first-order valence-corrected chi connectivity index (χ1v) is 8.12. The second-order valence-corrected chi connectivity index (χ2v) is 7.00. The summed E-state index contributed by atoms with van der Waals surface area (Å²) in [6, 6.07) is 8.11. The number of methoxy groups -OCH3 is 1. The molecule has 19 heavy (non-hydrogen) atoms. The molecule has 0 unspecified atom stereocenters. The van der Waals surface area contributed by atoms with Crippen LogP contribution < -0.4 is 0 Å². The summed E-state index contributed by atoms with van der Waals surface area (Å²) in [6.07, 6.45) is 0. The largest absolute Gasteiger partial charge is 0.464 e. The molecular formula is C13H12BrNO2S2. The van der Waals surface area contributed by atoms with Crippen LogP contribution in [0.25, 0.3) is 0 Å². The van der Waals surface area contributed by atoms with Crippen LogP contribution in [0, 0.1) is 6.92 Å². The zero-order valence-corrected chi connectivity index (χ0v) is 13.7.